The molecule has 1 aromatic carbocycles. The molecule has 3 N–H and O–H groups in total. The summed E-state index contributed by atoms with van der Waals surface area (Å²) >= 11 is 0. The Morgan fingerprint density at radius 3 is 2.13 bits per heavy atom. The normalized spacial score (nSPS) is 12.3. The molecule has 6 nitrogen and oxygen atoms in total. The van der Waals surface area contributed by atoms with Crippen LogP contribution in [0.15, 0.2) is 47.6 Å². The smallest absolute Gasteiger partial charge is 0.244 e. The summed E-state index contributed by atoms with van der Waals surface area (Å²) in [7, 11) is -3.71. The van der Waals surface area contributed by atoms with Crippen LogP contribution >= 0.6 is 0 Å². The van der Waals surface area contributed by atoms with E-state index in [0.29, 0.717) is 18.7 Å². The molecule has 0 amide bonds. The van der Waals surface area contributed by atoms with E-state index in [1.807, 2.05) is 44.2 Å². The van der Waals surface area contributed by atoms with E-state index in [0.717, 1.165) is 5.56 Å². The summed E-state index contributed by atoms with van der Waals surface area (Å²) < 4.78 is 27.7. The maximum atomic E-state index is 12.5. The van der Waals surface area contributed by atoms with Crippen molar-refractivity contribution in [3.8, 4) is 11.4 Å². The van der Waals surface area contributed by atoms with Gasteiger partial charge in [-0.2, -0.15) is 0 Å². The number of hydrogen-bond donors (Lipinski definition) is 2. The largest absolute Gasteiger partial charge is 0.329 e. The minimum atomic E-state index is -3.71. The maximum Gasteiger partial charge on any atom is 0.244 e. The molecule has 0 bridgehead atoms. The van der Waals surface area contributed by atoms with Gasteiger partial charge >= 0.3 is 0 Å². The van der Waals surface area contributed by atoms with Crippen LogP contribution in [0.5, 0.6) is 0 Å². The fourth-order valence-corrected chi connectivity index (χ4v) is 3.70. The lowest BCUT2D eigenvalue weighted by Gasteiger charge is -2.30. The van der Waals surface area contributed by atoms with Gasteiger partial charge in [-0.15, -0.1) is 0 Å². The molecule has 2 aromatic rings. The van der Waals surface area contributed by atoms with Gasteiger partial charge in [0.05, 0.1) is 12.4 Å². The highest BCUT2D eigenvalue weighted by Crippen LogP contribution is 2.19. The van der Waals surface area contributed by atoms with Crippen LogP contribution < -0.4 is 10.5 Å². The van der Waals surface area contributed by atoms with Crippen molar-refractivity contribution in [3.63, 3.8) is 0 Å². The zero-order valence-electron chi connectivity index (χ0n) is 13.4. The van der Waals surface area contributed by atoms with Crippen LogP contribution in [0.3, 0.4) is 0 Å². The molecule has 0 fully saturated rings. The van der Waals surface area contributed by atoms with Crippen LogP contribution in [0.2, 0.25) is 0 Å². The maximum absolute atomic E-state index is 12.5. The van der Waals surface area contributed by atoms with Gasteiger partial charge in [0.2, 0.25) is 10.0 Å². The molecular formula is C16H22N4O2S. The van der Waals surface area contributed by atoms with E-state index < -0.39 is 15.6 Å². The molecule has 0 aliphatic heterocycles. The number of hydrogen-bond acceptors (Lipinski definition) is 5. The summed E-state index contributed by atoms with van der Waals surface area (Å²) in [4.78, 5) is 8.36. The second-order valence-corrected chi connectivity index (χ2v) is 7.09. The lowest BCUT2D eigenvalue weighted by molar-refractivity contribution is 0.363. The second-order valence-electron chi connectivity index (χ2n) is 5.41. The Kier molecular flexibility index (Phi) is 5.46. The van der Waals surface area contributed by atoms with Gasteiger partial charge in [0, 0.05) is 17.6 Å². The number of aromatic nitrogens is 2. The molecule has 0 spiro atoms. The fourth-order valence-electron chi connectivity index (χ4n) is 2.26. The third-order valence-corrected chi connectivity index (χ3v) is 5.60. The van der Waals surface area contributed by atoms with E-state index in [1.54, 1.807) is 0 Å². The van der Waals surface area contributed by atoms with Crippen LogP contribution in [-0.2, 0) is 10.0 Å². The summed E-state index contributed by atoms with van der Waals surface area (Å²) in [5.74, 6) is 0.487. The summed E-state index contributed by atoms with van der Waals surface area (Å²) in [5, 5.41) is 0. The van der Waals surface area contributed by atoms with Crippen molar-refractivity contribution in [3.05, 3.63) is 42.7 Å². The minimum Gasteiger partial charge on any atom is -0.329 e. The molecule has 124 valence electrons. The van der Waals surface area contributed by atoms with Crippen molar-refractivity contribution in [2.24, 2.45) is 5.73 Å². The minimum absolute atomic E-state index is 0.0388. The Bertz CT molecular complexity index is 718. The van der Waals surface area contributed by atoms with Gasteiger partial charge < -0.3 is 5.73 Å². The first-order valence-corrected chi connectivity index (χ1v) is 9.06. The van der Waals surface area contributed by atoms with Crippen molar-refractivity contribution < 1.29 is 8.42 Å². The molecule has 0 aliphatic carbocycles. The van der Waals surface area contributed by atoms with E-state index in [9.17, 15) is 8.42 Å². The zero-order valence-corrected chi connectivity index (χ0v) is 14.2. The van der Waals surface area contributed by atoms with Crippen molar-refractivity contribution in [1.82, 2.24) is 14.7 Å². The lowest BCUT2D eigenvalue weighted by Crippen LogP contribution is -2.52. The topological polar surface area (TPSA) is 98.0 Å². The van der Waals surface area contributed by atoms with E-state index in [2.05, 4.69) is 14.7 Å². The fraction of sp³-hybridized carbons (Fsp3) is 0.375. The van der Waals surface area contributed by atoms with Crippen LogP contribution in [0.4, 0.5) is 0 Å². The first kappa shape index (κ1) is 17.5. The van der Waals surface area contributed by atoms with Gasteiger partial charge in [-0.05, 0) is 12.8 Å². The third-order valence-electron chi connectivity index (χ3n) is 4.07. The molecule has 0 aliphatic rings. The number of nitrogens with two attached hydrogens (primary N) is 1. The van der Waals surface area contributed by atoms with Crippen LogP contribution in [0, 0.1) is 0 Å². The predicted molar refractivity (Wildman–Crippen MR) is 90.2 cm³/mol. The molecular weight excluding hydrogens is 312 g/mol. The van der Waals surface area contributed by atoms with Crippen molar-refractivity contribution in [2.45, 2.75) is 37.1 Å². The third kappa shape index (κ3) is 3.93. The molecule has 0 atom stereocenters. The molecule has 0 saturated carbocycles. The standard InChI is InChI=1S/C16H22N4O2S/c1-3-16(4-2,12-17)20-23(21,22)14-10-18-15(19-11-14)13-8-6-5-7-9-13/h5-11,20H,3-4,12,17H2,1-2H3. The summed E-state index contributed by atoms with van der Waals surface area (Å²) in [6, 6.07) is 9.39. The van der Waals surface area contributed by atoms with Crippen LogP contribution in [-0.4, -0.2) is 30.5 Å². The average Bonchev–Trinajstić information content (AvgIpc) is 2.61. The Morgan fingerprint density at radius 1 is 1.09 bits per heavy atom. The number of nitrogens with zero attached hydrogens (tertiary/aromatic N) is 2. The monoisotopic (exact) mass is 334 g/mol. The van der Waals surface area contributed by atoms with Gasteiger partial charge in [-0.3, -0.25) is 0 Å². The number of nitrogens with one attached hydrogen (secondary N) is 1. The van der Waals surface area contributed by atoms with Crippen LogP contribution in [0.1, 0.15) is 26.7 Å². The van der Waals surface area contributed by atoms with Gasteiger partial charge in [0.25, 0.3) is 0 Å². The molecule has 0 saturated heterocycles. The summed E-state index contributed by atoms with van der Waals surface area (Å²) in [6.07, 6.45) is 3.87. The predicted octanol–water partition coefficient (Wildman–Crippen LogP) is 1.94. The van der Waals surface area contributed by atoms with Crippen molar-refractivity contribution >= 4 is 10.0 Å². The Hall–Kier alpha value is -1.83. The molecule has 2 rings (SSSR count). The Labute approximate surface area is 137 Å². The Balaban J connectivity index is 2.27. The molecule has 23 heavy (non-hydrogen) atoms. The number of rotatable bonds is 7. The van der Waals surface area contributed by atoms with E-state index in [4.69, 9.17) is 5.73 Å². The first-order chi connectivity index (χ1) is 11.0. The van der Waals surface area contributed by atoms with Gasteiger partial charge in [-0.1, -0.05) is 44.2 Å². The molecule has 0 unspecified atom stereocenters. The van der Waals surface area contributed by atoms with Crippen molar-refractivity contribution in [2.75, 3.05) is 6.54 Å². The lowest BCUT2D eigenvalue weighted by atomic mass is 9.95. The number of sulfonamides is 1. The molecule has 7 heteroatoms. The quantitative estimate of drug-likeness (QED) is 0.806. The molecule has 0 radical (unpaired) electrons. The number of benzene rings is 1. The van der Waals surface area contributed by atoms with Gasteiger partial charge in [0.1, 0.15) is 4.90 Å². The van der Waals surface area contributed by atoms with E-state index >= 15 is 0 Å². The van der Waals surface area contributed by atoms with Gasteiger partial charge in [-0.25, -0.2) is 23.1 Å². The first-order valence-electron chi connectivity index (χ1n) is 7.58. The summed E-state index contributed by atoms with van der Waals surface area (Å²) in [5.41, 5.74) is 5.95. The highest BCUT2D eigenvalue weighted by molar-refractivity contribution is 7.89. The zero-order chi connectivity index (χ0) is 16.9. The highest BCUT2D eigenvalue weighted by Gasteiger charge is 2.31. The van der Waals surface area contributed by atoms with Crippen LogP contribution in [0.25, 0.3) is 11.4 Å². The van der Waals surface area contributed by atoms with E-state index in [1.165, 1.54) is 12.4 Å². The summed E-state index contributed by atoms with van der Waals surface area (Å²) in [6.45, 7) is 4.06. The van der Waals surface area contributed by atoms with E-state index in [-0.39, 0.29) is 11.4 Å². The highest BCUT2D eigenvalue weighted by atomic mass is 32.2. The molecule has 1 aromatic heterocycles. The SMILES string of the molecule is CCC(CC)(CN)NS(=O)(=O)c1cnc(-c2ccccc2)nc1. The second kappa shape index (κ2) is 7.16. The van der Waals surface area contributed by atoms with Crippen molar-refractivity contribution in [1.29, 1.82) is 0 Å². The Morgan fingerprint density at radius 2 is 1.65 bits per heavy atom. The van der Waals surface area contributed by atoms with Gasteiger partial charge in [0.15, 0.2) is 5.82 Å². The average molecular weight is 334 g/mol. The molecule has 1 heterocycles.